The van der Waals surface area contributed by atoms with Crippen LogP contribution in [0.1, 0.15) is 37.7 Å². The van der Waals surface area contributed by atoms with E-state index < -0.39 is 6.61 Å². The molecule has 0 radical (unpaired) electrons. The topological polar surface area (TPSA) is 21.3 Å². The van der Waals surface area contributed by atoms with Crippen LogP contribution >= 0.6 is 11.6 Å². The Kier molecular flexibility index (Phi) is 6.05. The van der Waals surface area contributed by atoms with E-state index in [9.17, 15) is 8.78 Å². The summed E-state index contributed by atoms with van der Waals surface area (Å²) in [5.41, 5.74) is 0.671. The smallest absolute Gasteiger partial charge is 0.387 e. The van der Waals surface area contributed by atoms with E-state index in [-0.39, 0.29) is 5.75 Å². The standard InChI is InChI=1S/C15H20ClF2NO/c16-13-5-6-14(20-15(17)18)12(9-13)10-19-8-7-11-3-1-2-4-11/h5-6,9,11,15,19H,1-4,7-8,10H2. The minimum Gasteiger partial charge on any atom is -0.434 e. The summed E-state index contributed by atoms with van der Waals surface area (Å²) in [6.07, 6.45) is 6.46. The molecule has 20 heavy (non-hydrogen) atoms. The normalized spacial score (nSPS) is 16.0. The third-order valence-corrected chi connectivity index (χ3v) is 3.99. The van der Waals surface area contributed by atoms with Gasteiger partial charge in [-0.2, -0.15) is 8.78 Å². The number of halogens is 3. The first-order chi connectivity index (χ1) is 9.65. The molecule has 0 bridgehead atoms. The molecule has 0 atom stereocenters. The lowest BCUT2D eigenvalue weighted by Crippen LogP contribution is -2.18. The van der Waals surface area contributed by atoms with Gasteiger partial charge in [0.05, 0.1) is 0 Å². The van der Waals surface area contributed by atoms with E-state index in [2.05, 4.69) is 10.1 Å². The average Bonchev–Trinajstić information content (AvgIpc) is 2.90. The highest BCUT2D eigenvalue weighted by Gasteiger charge is 2.14. The first kappa shape index (κ1) is 15.5. The highest BCUT2D eigenvalue weighted by Crippen LogP contribution is 2.27. The molecule has 0 amide bonds. The molecule has 0 spiro atoms. The summed E-state index contributed by atoms with van der Waals surface area (Å²) in [5.74, 6) is 1.01. The molecule has 1 aromatic rings. The third-order valence-electron chi connectivity index (χ3n) is 3.76. The van der Waals surface area contributed by atoms with Crippen LogP contribution in [0.4, 0.5) is 8.78 Å². The number of hydrogen-bond acceptors (Lipinski definition) is 2. The first-order valence-electron chi connectivity index (χ1n) is 7.09. The van der Waals surface area contributed by atoms with Gasteiger partial charge in [-0.05, 0) is 37.1 Å². The van der Waals surface area contributed by atoms with Gasteiger partial charge < -0.3 is 10.1 Å². The largest absolute Gasteiger partial charge is 0.434 e. The molecule has 1 fully saturated rings. The fourth-order valence-electron chi connectivity index (χ4n) is 2.73. The van der Waals surface area contributed by atoms with Gasteiger partial charge in [-0.3, -0.25) is 0 Å². The van der Waals surface area contributed by atoms with Gasteiger partial charge in [-0.25, -0.2) is 0 Å². The molecule has 1 aliphatic rings. The van der Waals surface area contributed by atoms with Crippen molar-refractivity contribution in [2.45, 2.75) is 45.3 Å². The number of benzene rings is 1. The number of hydrogen-bond donors (Lipinski definition) is 1. The van der Waals surface area contributed by atoms with Gasteiger partial charge >= 0.3 is 6.61 Å². The summed E-state index contributed by atoms with van der Waals surface area (Å²) in [7, 11) is 0. The van der Waals surface area contributed by atoms with Crippen molar-refractivity contribution in [2.24, 2.45) is 5.92 Å². The Morgan fingerprint density at radius 1 is 1.30 bits per heavy atom. The third kappa shape index (κ3) is 4.91. The molecule has 0 heterocycles. The Morgan fingerprint density at radius 2 is 2.05 bits per heavy atom. The van der Waals surface area contributed by atoms with Crippen LogP contribution in [0.15, 0.2) is 18.2 Å². The Bertz CT molecular complexity index is 422. The fraction of sp³-hybridized carbons (Fsp3) is 0.600. The molecule has 1 aromatic carbocycles. The zero-order valence-electron chi connectivity index (χ0n) is 11.4. The van der Waals surface area contributed by atoms with Gasteiger partial charge in [0, 0.05) is 17.1 Å². The SMILES string of the molecule is FC(F)Oc1ccc(Cl)cc1CNCCC1CCCC1. The lowest BCUT2D eigenvalue weighted by atomic mass is 10.0. The van der Waals surface area contributed by atoms with E-state index in [0.29, 0.717) is 17.1 Å². The predicted molar refractivity (Wildman–Crippen MR) is 76.4 cm³/mol. The molecule has 2 rings (SSSR count). The van der Waals surface area contributed by atoms with Crippen LogP contribution in [0.25, 0.3) is 0 Å². The van der Waals surface area contributed by atoms with Crippen molar-refractivity contribution in [1.82, 2.24) is 5.32 Å². The van der Waals surface area contributed by atoms with Crippen molar-refractivity contribution < 1.29 is 13.5 Å². The minimum absolute atomic E-state index is 0.192. The first-order valence-corrected chi connectivity index (χ1v) is 7.47. The maximum atomic E-state index is 12.3. The van der Waals surface area contributed by atoms with Gasteiger partial charge in [0.1, 0.15) is 5.75 Å². The maximum absolute atomic E-state index is 12.3. The molecule has 112 valence electrons. The second-order valence-electron chi connectivity index (χ2n) is 5.25. The van der Waals surface area contributed by atoms with Gasteiger partial charge in [0.15, 0.2) is 0 Å². The summed E-state index contributed by atoms with van der Waals surface area (Å²) >= 11 is 5.90. The van der Waals surface area contributed by atoms with Crippen LogP contribution in [0, 0.1) is 5.92 Å². The van der Waals surface area contributed by atoms with Crippen molar-refractivity contribution in [1.29, 1.82) is 0 Å². The quantitative estimate of drug-likeness (QED) is 0.743. The molecule has 1 saturated carbocycles. The van der Waals surface area contributed by atoms with Gasteiger partial charge in [0.25, 0.3) is 0 Å². The minimum atomic E-state index is -2.81. The highest BCUT2D eigenvalue weighted by atomic mass is 35.5. The second kappa shape index (κ2) is 7.79. The second-order valence-corrected chi connectivity index (χ2v) is 5.68. The van der Waals surface area contributed by atoms with E-state index in [1.54, 1.807) is 12.1 Å². The van der Waals surface area contributed by atoms with Crippen molar-refractivity contribution in [3.8, 4) is 5.75 Å². The van der Waals surface area contributed by atoms with E-state index in [1.807, 2.05) is 0 Å². The van der Waals surface area contributed by atoms with Crippen LogP contribution < -0.4 is 10.1 Å². The Labute approximate surface area is 123 Å². The molecule has 1 aliphatic carbocycles. The van der Waals surface area contributed by atoms with E-state index in [1.165, 1.54) is 31.7 Å². The molecule has 2 nitrogen and oxygen atoms in total. The Balaban J connectivity index is 1.82. The zero-order chi connectivity index (χ0) is 14.4. The zero-order valence-corrected chi connectivity index (χ0v) is 12.1. The van der Waals surface area contributed by atoms with Crippen molar-refractivity contribution >= 4 is 11.6 Å². The lowest BCUT2D eigenvalue weighted by molar-refractivity contribution is -0.0504. The average molecular weight is 304 g/mol. The lowest BCUT2D eigenvalue weighted by Gasteiger charge is -2.13. The summed E-state index contributed by atoms with van der Waals surface area (Å²) in [6, 6.07) is 4.71. The Morgan fingerprint density at radius 3 is 2.75 bits per heavy atom. The highest BCUT2D eigenvalue weighted by molar-refractivity contribution is 6.30. The van der Waals surface area contributed by atoms with Gasteiger partial charge in [0.2, 0.25) is 0 Å². The van der Waals surface area contributed by atoms with Gasteiger partial charge in [-0.1, -0.05) is 37.3 Å². The van der Waals surface area contributed by atoms with Crippen LogP contribution in [0.3, 0.4) is 0 Å². The fourth-order valence-corrected chi connectivity index (χ4v) is 2.92. The van der Waals surface area contributed by atoms with E-state index >= 15 is 0 Å². The number of nitrogens with one attached hydrogen (secondary N) is 1. The number of alkyl halides is 2. The molecule has 0 unspecified atom stereocenters. The maximum Gasteiger partial charge on any atom is 0.387 e. The van der Waals surface area contributed by atoms with E-state index in [0.717, 1.165) is 18.9 Å². The van der Waals surface area contributed by atoms with Crippen molar-refractivity contribution in [2.75, 3.05) is 6.54 Å². The predicted octanol–water partition coefficient (Wildman–Crippen LogP) is 4.61. The molecule has 0 aromatic heterocycles. The van der Waals surface area contributed by atoms with Crippen molar-refractivity contribution in [3.63, 3.8) is 0 Å². The van der Waals surface area contributed by atoms with Crippen LogP contribution in [0.2, 0.25) is 5.02 Å². The van der Waals surface area contributed by atoms with Gasteiger partial charge in [-0.15, -0.1) is 0 Å². The summed E-state index contributed by atoms with van der Waals surface area (Å²) in [4.78, 5) is 0. The molecule has 1 N–H and O–H groups in total. The number of ether oxygens (including phenoxy) is 1. The summed E-state index contributed by atoms with van der Waals surface area (Å²) < 4.78 is 29.1. The molecular weight excluding hydrogens is 284 g/mol. The molecule has 5 heteroatoms. The summed E-state index contributed by atoms with van der Waals surface area (Å²) in [6.45, 7) is -1.42. The van der Waals surface area contributed by atoms with E-state index in [4.69, 9.17) is 11.6 Å². The monoisotopic (exact) mass is 303 g/mol. The van der Waals surface area contributed by atoms with Crippen LogP contribution in [0.5, 0.6) is 5.75 Å². The van der Waals surface area contributed by atoms with Crippen LogP contribution in [-0.2, 0) is 6.54 Å². The molecule has 0 aliphatic heterocycles. The molecule has 0 saturated heterocycles. The molecular formula is C15H20ClF2NO. The van der Waals surface area contributed by atoms with Crippen LogP contribution in [-0.4, -0.2) is 13.2 Å². The summed E-state index contributed by atoms with van der Waals surface area (Å²) in [5, 5.41) is 3.81. The van der Waals surface area contributed by atoms with Crippen molar-refractivity contribution in [3.05, 3.63) is 28.8 Å². The number of rotatable bonds is 7. The Hall–Kier alpha value is -0.870.